The van der Waals surface area contributed by atoms with Crippen LogP contribution in [-0.4, -0.2) is 70.4 Å². The first-order chi connectivity index (χ1) is 8.45. The predicted molar refractivity (Wildman–Crippen MR) is 65.7 cm³/mol. The number of sulfonamides is 1. The molecule has 1 atom stereocenters. The van der Waals surface area contributed by atoms with E-state index in [1.807, 2.05) is 0 Å². The molecule has 0 bridgehead atoms. The van der Waals surface area contributed by atoms with Crippen LogP contribution in [0.1, 0.15) is 6.92 Å². The Hall–Kier alpha value is -0.700. The number of nitrogens with zero attached hydrogens (tertiary/aromatic N) is 1. The van der Waals surface area contributed by atoms with Gasteiger partial charge in [0.05, 0.1) is 19.3 Å². The highest BCUT2D eigenvalue weighted by Crippen LogP contribution is 2.04. The van der Waals surface area contributed by atoms with Crippen LogP contribution < -0.4 is 5.32 Å². The van der Waals surface area contributed by atoms with Gasteiger partial charge in [-0.3, -0.25) is 4.79 Å². The number of esters is 1. The van der Waals surface area contributed by atoms with Crippen LogP contribution >= 0.6 is 0 Å². The Morgan fingerprint density at radius 3 is 2.83 bits per heavy atom. The fraction of sp³-hybridized carbons (Fsp3) is 0.900. The summed E-state index contributed by atoms with van der Waals surface area (Å²) in [5.41, 5.74) is 0. The van der Waals surface area contributed by atoms with Gasteiger partial charge in [0.2, 0.25) is 10.0 Å². The third-order valence-corrected chi connectivity index (χ3v) is 4.24. The molecule has 0 radical (unpaired) electrons. The van der Waals surface area contributed by atoms with Crippen LogP contribution in [0.2, 0.25) is 0 Å². The lowest BCUT2D eigenvalue weighted by atomic mass is 10.3. The average molecular weight is 280 g/mol. The maximum absolute atomic E-state index is 11.8. The topological polar surface area (TPSA) is 84.9 Å². The van der Waals surface area contributed by atoms with Crippen molar-refractivity contribution >= 4 is 16.0 Å². The van der Waals surface area contributed by atoms with Crippen LogP contribution in [0.4, 0.5) is 0 Å². The fourth-order valence-corrected chi connectivity index (χ4v) is 2.59. The highest BCUT2D eigenvalue weighted by atomic mass is 32.2. The van der Waals surface area contributed by atoms with Crippen molar-refractivity contribution in [3.8, 4) is 0 Å². The van der Waals surface area contributed by atoms with E-state index in [0.29, 0.717) is 13.2 Å². The number of ether oxygens (including phenoxy) is 2. The van der Waals surface area contributed by atoms with Gasteiger partial charge in [-0.1, -0.05) is 0 Å². The molecule has 1 aliphatic rings. The number of likely N-dealkylation sites (N-methyl/N-ethyl adjacent to an activating group) is 1. The molecular formula is C10H20N2O5S. The van der Waals surface area contributed by atoms with E-state index in [9.17, 15) is 13.2 Å². The van der Waals surface area contributed by atoms with Crippen molar-refractivity contribution in [1.29, 1.82) is 0 Å². The lowest BCUT2D eigenvalue weighted by molar-refractivity contribution is -0.140. The maximum atomic E-state index is 11.8. The van der Waals surface area contributed by atoms with E-state index in [0.717, 1.165) is 10.8 Å². The first kappa shape index (κ1) is 15.4. The van der Waals surface area contributed by atoms with Crippen molar-refractivity contribution in [2.75, 3.05) is 45.6 Å². The Balaban J connectivity index is 2.47. The molecule has 8 heteroatoms. The van der Waals surface area contributed by atoms with Gasteiger partial charge in [0.1, 0.15) is 0 Å². The third-order valence-electron chi connectivity index (χ3n) is 2.55. The minimum atomic E-state index is -3.63. The molecule has 0 aromatic heterocycles. The van der Waals surface area contributed by atoms with Gasteiger partial charge < -0.3 is 14.8 Å². The average Bonchev–Trinajstić information content (AvgIpc) is 2.29. The van der Waals surface area contributed by atoms with Gasteiger partial charge in [-0.15, -0.1) is 0 Å². The smallest absolute Gasteiger partial charge is 0.322 e. The van der Waals surface area contributed by atoms with E-state index in [4.69, 9.17) is 4.74 Å². The van der Waals surface area contributed by atoms with Gasteiger partial charge >= 0.3 is 5.97 Å². The molecule has 0 saturated carbocycles. The van der Waals surface area contributed by atoms with Crippen LogP contribution in [0.15, 0.2) is 0 Å². The van der Waals surface area contributed by atoms with Crippen molar-refractivity contribution in [2.24, 2.45) is 0 Å². The van der Waals surface area contributed by atoms with Gasteiger partial charge in [-0.05, 0) is 6.92 Å². The number of rotatable bonds is 6. The molecular weight excluding hydrogens is 260 g/mol. The third kappa shape index (κ3) is 4.89. The summed E-state index contributed by atoms with van der Waals surface area (Å²) in [5.74, 6) is -1.36. The molecule has 0 aromatic carbocycles. The molecule has 7 nitrogen and oxygen atoms in total. The fourth-order valence-electron chi connectivity index (χ4n) is 1.60. The molecule has 0 spiro atoms. The van der Waals surface area contributed by atoms with Crippen LogP contribution in [0.25, 0.3) is 0 Å². The number of carbonyl (C=O) groups excluding carboxylic acids is 1. The Labute approximate surface area is 107 Å². The second-order valence-corrected chi connectivity index (χ2v) is 6.11. The van der Waals surface area contributed by atoms with Gasteiger partial charge in [-0.2, -0.15) is 0 Å². The van der Waals surface area contributed by atoms with Crippen LogP contribution in [0.5, 0.6) is 0 Å². The second-order valence-electron chi connectivity index (χ2n) is 4.04. The van der Waals surface area contributed by atoms with E-state index in [1.54, 1.807) is 6.92 Å². The van der Waals surface area contributed by atoms with Crippen molar-refractivity contribution < 1.29 is 22.7 Å². The van der Waals surface area contributed by atoms with Crippen LogP contribution in [-0.2, 0) is 24.3 Å². The molecule has 0 aliphatic carbocycles. The molecule has 0 amide bonds. The summed E-state index contributed by atoms with van der Waals surface area (Å²) < 4.78 is 34.9. The summed E-state index contributed by atoms with van der Waals surface area (Å²) in [6.45, 7) is 3.99. The molecule has 18 heavy (non-hydrogen) atoms. The van der Waals surface area contributed by atoms with Gasteiger partial charge in [0.25, 0.3) is 0 Å². The number of hydrogen-bond acceptors (Lipinski definition) is 6. The zero-order valence-electron chi connectivity index (χ0n) is 10.7. The summed E-state index contributed by atoms with van der Waals surface area (Å²) in [7, 11) is -2.19. The Kier molecular flexibility index (Phi) is 6.00. The molecule has 1 rings (SSSR count). The summed E-state index contributed by atoms with van der Waals surface area (Å²) in [5, 5.41) is 3.11. The minimum Gasteiger partial charge on any atom is -0.465 e. The summed E-state index contributed by atoms with van der Waals surface area (Å²) >= 11 is 0. The molecule has 1 fully saturated rings. The van der Waals surface area contributed by atoms with Crippen molar-refractivity contribution in [2.45, 2.75) is 13.0 Å². The zero-order chi connectivity index (χ0) is 13.6. The minimum absolute atomic E-state index is 0.174. The quantitative estimate of drug-likeness (QED) is 0.615. The highest BCUT2D eigenvalue weighted by Gasteiger charge is 2.26. The van der Waals surface area contributed by atoms with Crippen LogP contribution in [0.3, 0.4) is 0 Å². The number of hydrogen-bond donors (Lipinski definition) is 1. The number of carbonyl (C=O) groups is 1. The standard InChI is InChI=1S/C10H20N2O5S/c1-3-16-10(13)8-18(14,15)12(2)7-9-6-11-4-5-17-9/h9,11H,3-8H2,1-2H3. The Morgan fingerprint density at radius 1 is 1.56 bits per heavy atom. The summed E-state index contributed by atoms with van der Waals surface area (Å²) in [4.78, 5) is 11.2. The zero-order valence-corrected chi connectivity index (χ0v) is 11.5. The Bertz CT molecular complexity index is 364. The predicted octanol–water partition coefficient (Wildman–Crippen LogP) is -1.20. The van der Waals surface area contributed by atoms with E-state index in [1.165, 1.54) is 7.05 Å². The van der Waals surface area contributed by atoms with Gasteiger partial charge in [-0.25, -0.2) is 12.7 Å². The molecule has 1 aliphatic heterocycles. The molecule has 106 valence electrons. The van der Waals surface area contributed by atoms with Gasteiger partial charge in [0.15, 0.2) is 5.75 Å². The van der Waals surface area contributed by atoms with Gasteiger partial charge in [0, 0.05) is 26.7 Å². The maximum Gasteiger partial charge on any atom is 0.322 e. The lowest BCUT2D eigenvalue weighted by Crippen LogP contribution is -2.46. The Morgan fingerprint density at radius 2 is 2.28 bits per heavy atom. The van der Waals surface area contributed by atoms with E-state index in [2.05, 4.69) is 10.1 Å². The number of nitrogens with one attached hydrogen (secondary N) is 1. The van der Waals surface area contributed by atoms with Crippen molar-refractivity contribution in [3.63, 3.8) is 0 Å². The molecule has 1 unspecified atom stereocenters. The summed E-state index contributed by atoms with van der Waals surface area (Å²) in [6, 6.07) is 0. The SMILES string of the molecule is CCOC(=O)CS(=O)(=O)N(C)CC1CNCCO1. The van der Waals surface area contributed by atoms with Crippen LogP contribution in [0, 0.1) is 0 Å². The van der Waals surface area contributed by atoms with E-state index >= 15 is 0 Å². The monoisotopic (exact) mass is 280 g/mol. The molecule has 1 N–H and O–H groups in total. The lowest BCUT2D eigenvalue weighted by Gasteiger charge is -2.27. The molecule has 1 heterocycles. The van der Waals surface area contributed by atoms with Crippen molar-refractivity contribution in [1.82, 2.24) is 9.62 Å². The summed E-state index contributed by atoms with van der Waals surface area (Å²) in [6.07, 6.45) is -0.180. The van der Waals surface area contributed by atoms with Crippen molar-refractivity contribution in [3.05, 3.63) is 0 Å². The van der Waals surface area contributed by atoms with E-state index < -0.39 is 21.7 Å². The largest absolute Gasteiger partial charge is 0.465 e. The first-order valence-electron chi connectivity index (χ1n) is 5.87. The normalized spacial score (nSPS) is 20.9. The highest BCUT2D eigenvalue weighted by molar-refractivity contribution is 7.89. The molecule has 1 saturated heterocycles. The molecule has 0 aromatic rings. The number of morpholine rings is 1. The second kappa shape index (κ2) is 7.03. The first-order valence-corrected chi connectivity index (χ1v) is 7.48. The van der Waals surface area contributed by atoms with E-state index in [-0.39, 0.29) is 19.3 Å².